The van der Waals surface area contributed by atoms with Crippen LogP contribution in [0, 0.1) is 0 Å². The Hall–Kier alpha value is -1.32. The minimum absolute atomic E-state index is 0.259. The van der Waals surface area contributed by atoms with Gasteiger partial charge in [0, 0.05) is 12.0 Å². The fraction of sp³-hybridized carbons (Fsp3) is 0.385. The number of fused-ring (bicyclic) bond motifs is 1. The van der Waals surface area contributed by atoms with Gasteiger partial charge in [0.1, 0.15) is 17.4 Å². The Morgan fingerprint density at radius 2 is 2.12 bits per heavy atom. The van der Waals surface area contributed by atoms with Crippen molar-refractivity contribution in [3.63, 3.8) is 0 Å². The lowest BCUT2D eigenvalue weighted by Gasteiger charge is -2.16. The molecule has 1 aromatic carbocycles. The van der Waals surface area contributed by atoms with E-state index in [1.807, 2.05) is 44.2 Å². The molecule has 0 fully saturated rings. The van der Waals surface area contributed by atoms with Crippen LogP contribution in [0.3, 0.4) is 0 Å². The quantitative estimate of drug-likeness (QED) is 0.861. The monoisotopic (exact) mass is 220 g/mol. The van der Waals surface area contributed by atoms with Crippen molar-refractivity contribution in [2.24, 2.45) is 0 Å². The average Bonchev–Trinajstić information content (AvgIpc) is 2.71. The molecule has 0 spiro atoms. The highest BCUT2D eigenvalue weighted by Gasteiger charge is 2.20. The Morgan fingerprint density at radius 1 is 1.38 bits per heavy atom. The van der Waals surface area contributed by atoms with E-state index in [9.17, 15) is 5.11 Å². The lowest BCUT2D eigenvalue weighted by atomic mass is 10.1. The lowest BCUT2D eigenvalue weighted by Crippen LogP contribution is -2.17. The minimum Gasteiger partial charge on any atom is -0.458 e. The van der Waals surface area contributed by atoms with Crippen molar-refractivity contribution in [3.05, 3.63) is 36.1 Å². The largest absolute Gasteiger partial charge is 0.458 e. The van der Waals surface area contributed by atoms with E-state index in [4.69, 9.17) is 9.15 Å². The van der Waals surface area contributed by atoms with Crippen LogP contribution in [0.25, 0.3) is 11.0 Å². The van der Waals surface area contributed by atoms with Gasteiger partial charge in [0.25, 0.3) is 0 Å². The third-order valence-electron chi connectivity index (χ3n) is 2.61. The first-order valence-corrected chi connectivity index (χ1v) is 5.50. The fourth-order valence-electron chi connectivity index (χ4n) is 1.73. The second kappa shape index (κ2) is 4.68. The molecule has 16 heavy (non-hydrogen) atoms. The molecular weight excluding hydrogens is 204 g/mol. The normalized spacial score (nSPS) is 15.2. The van der Waals surface area contributed by atoms with Gasteiger partial charge in [0.15, 0.2) is 0 Å². The van der Waals surface area contributed by atoms with Crippen molar-refractivity contribution in [2.75, 3.05) is 6.61 Å². The number of aliphatic hydroxyl groups excluding tert-OH is 1. The zero-order valence-electron chi connectivity index (χ0n) is 9.51. The van der Waals surface area contributed by atoms with Crippen LogP contribution in [0.5, 0.6) is 0 Å². The summed E-state index contributed by atoms with van der Waals surface area (Å²) in [7, 11) is 0. The van der Waals surface area contributed by atoms with Crippen LogP contribution in [-0.4, -0.2) is 17.8 Å². The molecule has 1 N–H and O–H groups in total. The minimum atomic E-state index is -0.715. The number of aliphatic hydroxyl groups is 1. The van der Waals surface area contributed by atoms with Gasteiger partial charge < -0.3 is 14.3 Å². The summed E-state index contributed by atoms with van der Waals surface area (Å²) < 4.78 is 10.9. The van der Waals surface area contributed by atoms with Gasteiger partial charge in [-0.1, -0.05) is 18.2 Å². The summed E-state index contributed by atoms with van der Waals surface area (Å²) in [5.74, 6) is 0.558. The molecule has 0 aliphatic carbocycles. The first kappa shape index (κ1) is 11.2. The third-order valence-corrected chi connectivity index (χ3v) is 2.61. The van der Waals surface area contributed by atoms with Gasteiger partial charge >= 0.3 is 0 Å². The van der Waals surface area contributed by atoms with Gasteiger partial charge in [0.05, 0.1) is 6.10 Å². The molecule has 0 aliphatic rings. The number of hydrogen-bond donors (Lipinski definition) is 1. The molecule has 3 heteroatoms. The summed E-state index contributed by atoms with van der Waals surface area (Å²) in [5, 5.41) is 11.0. The number of hydrogen-bond acceptors (Lipinski definition) is 3. The van der Waals surface area contributed by atoms with E-state index in [1.165, 1.54) is 0 Å². The summed E-state index contributed by atoms with van der Waals surface area (Å²) in [6.45, 7) is 4.32. The predicted molar refractivity (Wildman–Crippen MR) is 62.3 cm³/mol. The van der Waals surface area contributed by atoms with E-state index in [0.717, 1.165) is 11.0 Å². The number of benzene rings is 1. The van der Waals surface area contributed by atoms with E-state index in [0.29, 0.717) is 12.4 Å². The molecule has 2 unspecified atom stereocenters. The molecule has 3 nitrogen and oxygen atoms in total. The van der Waals surface area contributed by atoms with Gasteiger partial charge in [0.2, 0.25) is 0 Å². The fourth-order valence-corrected chi connectivity index (χ4v) is 1.73. The molecule has 0 amide bonds. The maximum Gasteiger partial charge on any atom is 0.137 e. The van der Waals surface area contributed by atoms with Gasteiger partial charge in [-0.25, -0.2) is 0 Å². The van der Waals surface area contributed by atoms with Crippen molar-refractivity contribution in [3.8, 4) is 0 Å². The summed E-state index contributed by atoms with van der Waals surface area (Å²) in [5.41, 5.74) is 0.792. The Morgan fingerprint density at radius 3 is 2.81 bits per heavy atom. The van der Waals surface area contributed by atoms with Gasteiger partial charge in [-0.3, -0.25) is 0 Å². The molecule has 1 aromatic heterocycles. The van der Waals surface area contributed by atoms with Gasteiger partial charge in [-0.15, -0.1) is 0 Å². The number of furan rings is 1. The van der Waals surface area contributed by atoms with E-state index < -0.39 is 6.10 Å². The molecule has 2 rings (SSSR count). The number of ether oxygens (including phenoxy) is 1. The molecule has 2 atom stereocenters. The first-order chi connectivity index (χ1) is 7.72. The highest BCUT2D eigenvalue weighted by molar-refractivity contribution is 5.77. The smallest absolute Gasteiger partial charge is 0.137 e. The summed E-state index contributed by atoms with van der Waals surface area (Å²) >= 11 is 0. The van der Waals surface area contributed by atoms with Gasteiger partial charge in [-0.2, -0.15) is 0 Å². The van der Waals surface area contributed by atoms with Crippen LogP contribution in [0.2, 0.25) is 0 Å². The predicted octanol–water partition coefficient (Wildman–Crippen LogP) is 2.89. The Kier molecular flexibility index (Phi) is 3.27. The van der Waals surface area contributed by atoms with Crippen LogP contribution in [0.4, 0.5) is 0 Å². The van der Waals surface area contributed by atoms with Crippen molar-refractivity contribution >= 4 is 11.0 Å². The molecule has 0 bridgehead atoms. The van der Waals surface area contributed by atoms with Crippen LogP contribution in [0.15, 0.2) is 34.7 Å². The maximum atomic E-state index is 10.0. The van der Waals surface area contributed by atoms with Gasteiger partial charge in [-0.05, 0) is 26.0 Å². The topological polar surface area (TPSA) is 42.6 Å². The molecule has 0 aliphatic heterocycles. The SMILES string of the molecule is CCOC(C)C(O)c1cc2ccccc2o1. The van der Waals surface area contributed by atoms with E-state index in [2.05, 4.69) is 0 Å². The zero-order valence-corrected chi connectivity index (χ0v) is 9.51. The van der Waals surface area contributed by atoms with Crippen LogP contribution >= 0.6 is 0 Å². The first-order valence-electron chi connectivity index (χ1n) is 5.50. The van der Waals surface area contributed by atoms with E-state index in [1.54, 1.807) is 0 Å². The standard InChI is InChI=1S/C13H16O3/c1-3-15-9(2)13(14)12-8-10-6-4-5-7-11(10)16-12/h4-9,13-14H,3H2,1-2H3. The van der Waals surface area contributed by atoms with Crippen LogP contribution < -0.4 is 0 Å². The van der Waals surface area contributed by atoms with Crippen LogP contribution in [0.1, 0.15) is 25.7 Å². The highest BCUT2D eigenvalue weighted by atomic mass is 16.5. The number of para-hydroxylation sites is 1. The van der Waals surface area contributed by atoms with E-state index in [-0.39, 0.29) is 6.10 Å². The molecule has 2 aromatic rings. The Balaban J connectivity index is 2.26. The lowest BCUT2D eigenvalue weighted by molar-refractivity contribution is -0.0312. The molecular formula is C13H16O3. The van der Waals surface area contributed by atoms with E-state index >= 15 is 0 Å². The van der Waals surface area contributed by atoms with Crippen molar-refractivity contribution in [1.82, 2.24) is 0 Å². The van der Waals surface area contributed by atoms with Crippen molar-refractivity contribution in [1.29, 1.82) is 0 Å². The maximum absolute atomic E-state index is 10.0. The summed E-state index contributed by atoms with van der Waals surface area (Å²) in [6.07, 6.45) is -0.974. The second-order valence-corrected chi connectivity index (χ2v) is 3.79. The summed E-state index contributed by atoms with van der Waals surface area (Å²) in [6, 6.07) is 9.56. The summed E-state index contributed by atoms with van der Waals surface area (Å²) in [4.78, 5) is 0. The highest BCUT2D eigenvalue weighted by Crippen LogP contribution is 2.26. The molecule has 0 saturated carbocycles. The Labute approximate surface area is 94.6 Å². The average molecular weight is 220 g/mol. The third kappa shape index (κ3) is 2.10. The molecule has 86 valence electrons. The van der Waals surface area contributed by atoms with Crippen molar-refractivity contribution < 1.29 is 14.3 Å². The van der Waals surface area contributed by atoms with Crippen molar-refractivity contribution in [2.45, 2.75) is 26.1 Å². The Bertz CT molecular complexity index is 428. The number of rotatable bonds is 4. The van der Waals surface area contributed by atoms with Crippen LogP contribution in [-0.2, 0) is 4.74 Å². The zero-order chi connectivity index (χ0) is 11.5. The molecule has 0 radical (unpaired) electrons. The second-order valence-electron chi connectivity index (χ2n) is 3.79. The molecule has 0 saturated heterocycles. The molecule has 1 heterocycles.